The topological polar surface area (TPSA) is 109 Å². The molecule has 0 radical (unpaired) electrons. The van der Waals surface area contributed by atoms with Crippen LogP contribution in [0.3, 0.4) is 0 Å². The van der Waals surface area contributed by atoms with Crippen LogP contribution in [0.15, 0.2) is 0 Å². The largest absolute Gasteiger partial charge is 0.285 e. The van der Waals surface area contributed by atoms with E-state index in [9.17, 15) is 16.8 Å². The summed E-state index contributed by atoms with van der Waals surface area (Å²) in [5.74, 6) is 0. The first kappa shape index (κ1) is 20.7. The van der Waals surface area contributed by atoms with Crippen molar-refractivity contribution in [3.05, 3.63) is 0 Å². The van der Waals surface area contributed by atoms with Gasteiger partial charge in [-0.05, 0) is 0 Å². The molecule has 0 heterocycles. The molecule has 0 aliphatic carbocycles. The van der Waals surface area contributed by atoms with Gasteiger partial charge in [0.25, 0.3) is 20.2 Å². The van der Waals surface area contributed by atoms with Crippen LogP contribution in [-0.4, -0.2) is 47.0 Å². The van der Waals surface area contributed by atoms with Gasteiger partial charge in [0.05, 0.1) is 0 Å². The molecule has 0 fully saturated rings. The van der Waals surface area contributed by atoms with Gasteiger partial charge in [0, 0.05) is 0 Å². The van der Waals surface area contributed by atoms with Crippen LogP contribution in [0, 0.1) is 0 Å². The van der Waals surface area contributed by atoms with E-state index in [2.05, 4.69) is 22.9 Å². The average molecular weight is 369 g/mol. The van der Waals surface area contributed by atoms with Crippen molar-refractivity contribution in [2.75, 3.05) is 5.08 Å². The van der Waals surface area contributed by atoms with Gasteiger partial charge < -0.3 is 0 Å². The predicted octanol–water partition coefficient (Wildman–Crippen LogP) is 1.39. The van der Waals surface area contributed by atoms with Crippen LogP contribution < -0.4 is 0 Å². The summed E-state index contributed by atoms with van der Waals surface area (Å²) in [7, 11) is -9.24. The van der Waals surface area contributed by atoms with Crippen molar-refractivity contribution in [1.29, 1.82) is 0 Å². The molecule has 0 spiro atoms. The van der Waals surface area contributed by atoms with Gasteiger partial charge in [-0.2, -0.15) is 16.8 Å². The minimum Gasteiger partial charge on any atom is -0.285 e. The summed E-state index contributed by atoms with van der Waals surface area (Å²) in [6, 6.07) is 0. The van der Waals surface area contributed by atoms with Gasteiger partial charge in [-0.3, -0.25) is 9.11 Å². The second-order valence-electron chi connectivity index (χ2n) is 3.77. The summed E-state index contributed by atoms with van der Waals surface area (Å²) in [6.45, 7) is 2.26. The summed E-state index contributed by atoms with van der Waals surface area (Å²) in [4.78, 5) is 0. The monoisotopic (exact) mass is 370 g/mol. The maximum atomic E-state index is 9.66. The third-order valence-electron chi connectivity index (χ3n) is 1.81. The van der Waals surface area contributed by atoms with Gasteiger partial charge in [-0.15, -0.1) is 0 Å². The van der Waals surface area contributed by atoms with Crippen LogP contribution in [-0.2, 0) is 20.2 Å². The Hall–Kier alpha value is 0.339. The van der Waals surface area contributed by atoms with Gasteiger partial charge in [-0.25, -0.2) is 0 Å². The fourth-order valence-electron chi connectivity index (χ4n) is 1.08. The van der Waals surface area contributed by atoms with Crippen LogP contribution in [0.5, 0.6) is 0 Å². The zero-order valence-electron chi connectivity index (χ0n) is 10.4. The van der Waals surface area contributed by atoms with Gasteiger partial charge >= 0.3 is 66.8 Å². The molecule has 0 bridgehead atoms. The van der Waals surface area contributed by atoms with Crippen LogP contribution in [0.2, 0.25) is 5.32 Å². The van der Waals surface area contributed by atoms with Gasteiger partial charge in [-0.1, -0.05) is 0 Å². The van der Waals surface area contributed by atoms with E-state index in [0.717, 1.165) is 0 Å². The molecule has 0 unspecified atom stereocenters. The maximum Gasteiger partial charge on any atom is 0.281 e. The van der Waals surface area contributed by atoms with Gasteiger partial charge in [0.15, 0.2) is 0 Å². The summed E-state index contributed by atoms with van der Waals surface area (Å²) < 4.78 is 54.2. The Bertz CT molecular complexity index is 340. The van der Waals surface area contributed by atoms with Gasteiger partial charge in [0.2, 0.25) is 5.08 Å². The first-order valence-corrected chi connectivity index (χ1v) is 10.2. The molecular formula is C9H22O6S2Se. The summed E-state index contributed by atoms with van der Waals surface area (Å²) in [5, 5.41) is -0.348. The van der Waals surface area contributed by atoms with E-state index >= 15 is 0 Å². The second kappa shape index (κ2) is 11.2. The predicted molar refractivity (Wildman–Crippen MR) is 73.3 cm³/mol. The van der Waals surface area contributed by atoms with E-state index in [1.807, 2.05) is 0 Å². The van der Waals surface area contributed by atoms with E-state index in [1.165, 1.54) is 43.8 Å². The van der Waals surface area contributed by atoms with Crippen LogP contribution >= 0.6 is 0 Å². The fraction of sp³-hybridized carbons (Fsp3) is 1.00. The molecule has 0 aliphatic rings. The zero-order chi connectivity index (χ0) is 14.7. The van der Waals surface area contributed by atoms with Crippen LogP contribution in [0.4, 0.5) is 0 Å². The molecule has 112 valence electrons. The molecule has 9 heteroatoms. The van der Waals surface area contributed by atoms with Crippen molar-refractivity contribution in [3.8, 4) is 0 Å². The van der Waals surface area contributed by atoms with Crippen molar-refractivity contribution in [2.45, 2.75) is 50.8 Å². The molecule has 0 saturated carbocycles. The molecule has 6 nitrogen and oxygen atoms in total. The Morgan fingerprint density at radius 3 is 1.50 bits per heavy atom. The number of hydrogen-bond acceptors (Lipinski definition) is 4. The third kappa shape index (κ3) is 25.3. The molecule has 0 aliphatic heterocycles. The molecule has 0 aromatic carbocycles. The Morgan fingerprint density at radius 1 is 0.833 bits per heavy atom. The third-order valence-corrected chi connectivity index (χ3v) is 4.86. The van der Waals surface area contributed by atoms with Gasteiger partial charge in [0.1, 0.15) is 0 Å². The molecular weight excluding hydrogens is 347 g/mol. The summed E-state index contributed by atoms with van der Waals surface area (Å²) in [6.07, 6.45) is 8.54. The van der Waals surface area contributed by atoms with E-state index < -0.39 is 25.3 Å². The van der Waals surface area contributed by atoms with E-state index in [0.29, 0.717) is 0 Å². The Labute approximate surface area is 118 Å². The van der Waals surface area contributed by atoms with Crippen LogP contribution in [0.25, 0.3) is 0 Å². The van der Waals surface area contributed by atoms with Crippen molar-refractivity contribution < 1.29 is 25.9 Å². The molecule has 0 amide bonds. The Morgan fingerprint density at radius 2 is 1.22 bits per heavy atom. The Kier molecular flexibility index (Phi) is 12.8. The first-order chi connectivity index (χ1) is 8.12. The molecule has 0 rings (SSSR count). The standard InChI is InChI=1S/C8H18Se.CH4O6S2/c1-2-3-4-5-6-7-8-9;2-8(3,4)1-9(5,6)7/h9H,2-8H2,1H3;1H2,(H,2,3,4)(H,5,6,7). The smallest absolute Gasteiger partial charge is 0.281 e. The maximum absolute atomic E-state index is 9.66. The van der Waals surface area contributed by atoms with Crippen molar-refractivity contribution in [3.63, 3.8) is 0 Å². The minimum absolute atomic E-state index is 1.30. The summed E-state index contributed by atoms with van der Waals surface area (Å²) >= 11 is 2.65. The minimum atomic E-state index is -4.62. The van der Waals surface area contributed by atoms with E-state index in [-0.39, 0.29) is 0 Å². The molecule has 0 aromatic rings. The molecule has 0 aromatic heterocycles. The quantitative estimate of drug-likeness (QED) is 0.380. The second-order valence-corrected chi connectivity index (χ2v) is 7.98. The Balaban J connectivity index is 0. The van der Waals surface area contributed by atoms with Crippen molar-refractivity contribution in [2.24, 2.45) is 0 Å². The van der Waals surface area contributed by atoms with Crippen molar-refractivity contribution in [1.82, 2.24) is 0 Å². The molecule has 0 atom stereocenters. The average Bonchev–Trinajstić information content (AvgIpc) is 2.13. The summed E-state index contributed by atoms with van der Waals surface area (Å²) in [5.41, 5.74) is 0. The van der Waals surface area contributed by atoms with E-state index in [4.69, 9.17) is 9.11 Å². The normalized spacial score (nSPS) is 11.8. The SMILES string of the molecule is CCCCCCCC[SeH].O=S(=O)(O)CS(=O)(=O)O. The van der Waals surface area contributed by atoms with E-state index in [1.54, 1.807) is 0 Å². The molecule has 18 heavy (non-hydrogen) atoms. The molecule has 0 saturated heterocycles. The number of hydrogen-bond donors (Lipinski definition) is 2. The zero-order valence-corrected chi connectivity index (χ0v) is 14.0. The van der Waals surface area contributed by atoms with Crippen molar-refractivity contribution >= 4 is 36.2 Å². The van der Waals surface area contributed by atoms with Crippen LogP contribution in [0.1, 0.15) is 45.4 Å². The molecule has 2 N–H and O–H groups in total. The number of rotatable bonds is 8. The number of unbranched alkanes of at least 4 members (excludes halogenated alkanes) is 5. The fourth-order valence-corrected chi connectivity index (χ4v) is 3.06. The first-order valence-electron chi connectivity index (χ1n) is 5.63.